The molecule has 0 saturated heterocycles. The van der Waals surface area contributed by atoms with Crippen LogP contribution < -0.4 is 10.2 Å². The van der Waals surface area contributed by atoms with E-state index in [0.717, 1.165) is 0 Å². The minimum Gasteiger partial charge on any atom is -0.504 e. The van der Waals surface area contributed by atoms with Crippen molar-refractivity contribution >= 4 is 21.9 Å². The summed E-state index contributed by atoms with van der Waals surface area (Å²) >= 11 is 0. The predicted molar refractivity (Wildman–Crippen MR) is 68.2 cm³/mol. The van der Waals surface area contributed by atoms with Crippen molar-refractivity contribution in [3.05, 3.63) is 46.6 Å². The van der Waals surface area contributed by atoms with E-state index in [4.69, 9.17) is 9.15 Å². The van der Waals surface area contributed by atoms with E-state index in [1.807, 2.05) is 0 Å². The lowest BCUT2D eigenvalue weighted by molar-refractivity contribution is 0.414. The standard InChI is InChI=1S/C14H10O4/c1-17-8-5-6-9-12(7-8)18-14-10(13(9)16)3-2-4-11(14)15/h2-7,15H,1H3. The van der Waals surface area contributed by atoms with Crippen molar-refractivity contribution in [1.29, 1.82) is 0 Å². The van der Waals surface area contributed by atoms with Crippen LogP contribution in [0.2, 0.25) is 0 Å². The van der Waals surface area contributed by atoms with Crippen LogP contribution in [0, 0.1) is 0 Å². The monoisotopic (exact) mass is 242 g/mol. The molecule has 90 valence electrons. The highest BCUT2D eigenvalue weighted by Gasteiger charge is 2.10. The van der Waals surface area contributed by atoms with Gasteiger partial charge >= 0.3 is 0 Å². The van der Waals surface area contributed by atoms with Crippen molar-refractivity contribution in [3.63, 3.8) is 0 Å². The summed E-state index contributed by atoms with van der Waals surface area (Å²) in [6, 6.07) is 9.71. The van der Waals surface area contributed by atoms with Crippen molar-refractivity contribution in [2.75, 3.05) is 7.11 Å². The smallest absolute Gasteiger partial charge is 0.200 e. The minimum absolute atomic E-state index is 0.0469. The first-order valence-electron chi connectivity index (χ1n) is 5.43. The largest absolute Gasteiger partial charge is 0.504 e. The van der Waals surface area contributed by atoms with Gasteiger partial charge in [0.2, 0.25) is 5.43 Å². The molecule has 0 saturated carbocycles. The Labute approximate surface area is 102 Å². The zero-order valence-corrected chi connectivity index (χ0v) is 9.64. The topological polar surface area (TPSA) is 59.7 Å². The van der Waals surface area contributed by atoms with Gasteiger partial charge in [-0.2, -0.15) is 0 Å². The van der Waals surface area contributed by atoms with Gasteiger partial charge in [0.15, 0.2) is 11.3 Å². The normalized spacial score (nSPS) is 10.9. The van der Waals surface area contributed by atoms with E-state index in [9.17, 15) is 9.90 Å². The van der Waals surface area contributed by atoms with Gasteiger partial charge in [-0.25, -0.2) is 0 Å². The minimum atomic E-state index is -0.162. The zero-order chi connectivity index (χ0) is 12.7. The van der Waals surface area contributed by atoms with E-state index < -0.39 is 0 Å². The average molecular weight is 242 g/mol. The maximum atomic E-state index is 12.2. The fourth-order valence-corrected chi connectivity index (χ4v) is 1.97. The van der Waals surface area contributed by atoms with Crippen LogP contribution in [0.1, 0.15) is 0 Å². The maximum absolute atomic E-state index is 12.2. The Kier molecular flexibility index (Phi) is 2.23. The number of para-hydroxylation sites is 1. The number of phenolic OH excluding ortho intramolecular Hbond substituents is 1. The van der Waals surface area contributed by atoms with Crippen LogP contribution in [0.4, 0.5) is 0 Å². The van der Waals surface area contributed by atoms with E-state index in [2.05, 4.69) is 0 Å². The van der Waals surface area contributed by atoms with Crippen molar-refractivity contribution in [3.8, 4) is 11.5 Å². The van der Waals surface area contributed by atoms with Crippen molar-refractivity contribution in [1.82, 2.24) is 0 Å². The molecule has 2 aromatic carbocycles. The molecule has 18 heavy (non-hydrogen) atoms. The molecule has 0 aliphatic heterocycles. The number of methoxy groups -OCH3 is 1. The number of fused-ring (bicyclic) bond motifs is 2. The van der Waals surface area contributed by atoms with E-state index >= 15 is 0 Å². The van der Waals surface area contributed by atoms with Gasteiger partial charge < -0.3 is 14.3 Å². The average Bonchev–Trinajstić information content (AvgIpc) is 2.40. The Balaban J connectivity index is 2.53. The second-order valence-corrected chi connectivity index (χ2v) is 3.95. The Morgan fingerprint density at radius 1 is 1.17 bits per heavy atom. The molecule has 1 N–H and O–H groups in total. The van der Waals surface area contributed by atoms with Gasteiger partial charge in [-0.05, 0) is 24.3 Å². The van der Waals surface area contributed by atoms with E-state index in [1.54, 1.807) is 30.3 Å². The molecular weight excluding hydrogens is 232 g/mol. The Morgan fingerprint density at radius 2 is 2.00 bits per heavy atom. The van der Waals surface area contributed by atoms with E-state index in [0.29, 0.717) is 22.1 Å². The Bertz CT molecular complexity index is 802. The SMILES string of the molecule is COc1ccc2c(=O)c3cccc(O)c3oc2c1. The van der Waals surface area contributed by atoms with Gasteiger partial charge in [0, 0.05) is 6.07 Å². The lowest BCUT2D eigenvalue weighted by Crippen LogP contribution is -2.02. The molecule has 0 amide bonds. The first kappa shape index (κ1) is 10.7. The summed E-state index contributed by atoms with van der Waals surface area (Å²) in [6.07, 6.45) is 0. The molecule has 0 atom stereocenters. The summed E-state index contributed by atoms with van der Waals surface area (Å²) < 4.78 is 10.7. The van der Waals surface area contributed by atoms with Crippen LogP contribution in [-0.4, -0.2) is 12.2 Å². The Morgan fingerprint density at radius 3 is 2.78 bits per heavy atom. The molecule has 0 spiro atoms. The van der Waals surface area contributed by atoms with Crippen molar-refractivity contribution < 1.29 is 14.3 Å². The highest BCUT2D eigenvalue weighted by Crippen LogP contribution is 2.27. The van der Waals surface area contributed by atoms with E-state index in [1.165, 1.54) is 13.2 Å². The number of ether oxygens (including phenoxy) is 1. The lowest BCUT2D eigenvalue weighted by Gasteiger charge is -2.04. The third kappa shape index (κ3) is 1.43. The molecule has 4 heteroatoms. The van der Waals surface area contributed by atoms with Gasteiger partial charge in [0.05, 0.1) is 17.9 Å². The van der Waals surface area contributed by atoms with Gasteiger partial charge in [-0.15, -0.1) is 0 Å². The fraction of sp³-hybridized carbons (Fsp3) is 0.0714. The van der Waals surface area contributed by atoms with Crippen LogP contribution in [0.25, 0.3) is 21.9 Å². The molecule has 1 aromatic heterocycles. The third-order valence-corrected chi connectivity index (χ3v) is 2.88. The third-order valence-electron chi connectivity index (χ3n) is 2.88. The molecule has 3 aromatic rings. The van der Waals surface area contributed by atoms with Crippen molar-refractivity contribution in [2.45, 2.75) is 0 Å². The van der Waals surface area contributed by atoms with Crippen LogP contribution in [0.15, 0.2) is 45.6 Å². The number of hydrogen-bond acceptors (Lipinski definition) is 4. The molecular formula is C14H10O4. The summed E-state index contributed by atoms with van der Waals surface area (Å²) in [4.78, 5) is 12.2. The van der Waals surface area contributed by atoms with E-state index in [-0.39, 0.29) is 16.8 Å². The van der Waals surface area contributed by atoms with Gasteiger partial charge in [0.25, 0.3) is 0 Å². The highest BCUT2D eigenvalue weighted by molar-refractivity contribution is 5.92. The molecule has 0 aliphatic rings. The summed E-state index contributed by atoms with van der Waals surface area (Å²) in [6.45, 7) is 0. The highest BCUT2D eigenvalue weighted by atomic mass is 16.5. The maximum Gasteiger partial charge on any atom is 0.200 e. The second-order valence-electron chi connectivity index (χ2n) is 3.95. The number of phenols is 1. The Hall–Kier alpha value is -2.49. The second kappa shape index (κ2) is 3.77. The van der Waals surface area contributed by atoms with Crippen LogP contribution in [0.5, 0.6) is 11.5 Å². The quantitative estimate of drug-likeness (QED) is 0.666. The van der Waals surface area contributed by atoms with Gasteiger partial charge in [0.1, 0.15) is 11.3 Å². The van der Waals surface area contributed by atoms with Crippen LogP contribution in [0.3, 0.4) is 0 Å². The molecule has 1 heterocycles. The van der Waals surface area contributed by atoms with Gasteiger partial charge in [-0.1, -0.05) is 6.07 Å². The van der Waals surface area contributed by atoms with Crippen LogP contribution in [-0.2, 0) is 0 Å². The summed E-state index contributed by atoms with van der Waals surface area (Å²) in [5.41, 5.74) is 0.432. The van der Waals surface area contributed by atoms with Crippen molar-refractivity contribution in [2.24, 2.45) is 0 Å². The van der Waals surface area contributed by atoms with Crippen LogP contribution >= 0.6 is 0 Å². The molecule has 3 rings (SSSR count). The molecule has 0 radical (unpaired) electrons. The molecule has 0 unspecified atom stereocenters. The molecule has 4 nitrogen and oxygen atoms in total. The number of aromatic hydroxyl groups is 1. The molecule has 0 aliphatic carbocycles. The number of benzene rings is 2. The summed E-state index contributed by atoms with van der Waals surface area (Å²) in [5.74, 6) is 0.551. The molecule has 0 fully saturated rings. The molecule has 0 bridgehead atoms. The summed E-state index contributed by atoms with van der Waals surface area (Å²) in [7, 11) is 1.54. The zero-order valence-electron chi connectivity index (χ0n) is 9.64. The first-order valence-corrected chi connectivity index (χ1v) is 5.43. The number of rotatable bonds is 1. The van der Waals surface area contributed by atoms with Gasteiger partial charge in [-0.3, -0.25) is 4.79 Å². The number of hydrogen-bond donors (Lipinski definition) is 1. The summed E-state index contributed by atoms with van der Waals surface area (Å²) in [5, 5.41) is 10.6. The lowest BCUT2D eigenvalue weighted by atomic mass is 10.1. The first-order chi connectivity index (χ1) is 8.70. The predicted octanol–water partition coefficient (Wildman–Crippen LogP) is 2.66. The fourth-order valence-electron chi connectivity index (χ4n) is 1.97.